The Balaban J connectivity index is 1.62. The highest BCUT2D eigenvalue weighted by atomic mass is 32.1. The van der Waals surface area contributed by atoms with Crippen LogP contribution in [0.25, 0.3) is 5.69 Å². The van der Waals surface area contributed by atoms with Crippen molar-refractivity contribution in [1.29, 1.82) is 0 Å². The summed E-state index contributed by atoms with van der Waals surface area (Å²) < 4.78 is 2.25. The minimum absolute atomic E-state index is 0.0322. The highest BCUT2D eigenvalue weighted by molar-refractivity contribution is 7.80. The number of hydrogen-bond donors (Lipinski definition) is 1. The van der Waals surface area contributed by atoms with Crippen LogP contribution in [0.3, 0.4) is 0 Å². The Kier molecular flexibility index (Phi) is 4.56. The Morgan fingerprint density at radius 3 is 2.54 bits per heavy atom. The summed E-state index contributed by atoms with van der Waals surface area (Å²) in [6.45, 7) is 0. The van der Waals surface area contributed by atoms with Gasteiger partial charge in [-0.2, -0.15) is 0 Å². The van der Waals surface area contributed by atoms with Gasteiger partial charge in [-0.3, -0.25) is 9.97 Å². The van der Waals surface area contributed by atoms with Crippen molar-refractivity contribution in [2.24, 2.45) is 0 Å². The van der Waals surface area contributed by atoms with Gasteiger partial charge in [0.15, 0.2) is 5.11 Å². The molecule has 1 saturated heterocycles. The molecule has 3 aromatic rings. The summed E-state index contributed by atoms with van der Waals surface area (Å²) in [7, 11) is 0. The van der Waals surface area contributed by atoms with Gasteiger partial charge in [0.25, 0.3) is 0 Å². The first-order valence-corrected chi connectivity index (χ1v) is 10.3. The fourth-order valence-electron chi connectivity index (χ4n) is 4.63. The number of pyridine rings is 2. The van der Waals surface area contributed by atoms with Crippen LogP contribution in [-0.4, -0.2) is 30.6 Å². The summed E-state index contributed by atoms with van der Waals surface area (Å²) in [4.78, 5) is 11.3. The van der Waals surface area contributed by atoms with Crippen molar-refractivity contribution in [3.63, 3.8) is 0 Å². The number of nitrogens with one attached hydrogen (secondary N) is 1. The van der Waals surface area contributed by atoms with Gasteiger partial charge in [-0.15, -0.1) is 0 Å². The molecule has 0 aromatic carbocycles. The minimum Gasteiger partial charge on any atom is -0.352 e. The lowest BCUT2D eigenvalue weighted by Gasteiger charge is -2.33. The lowest BCUT2D eigenvalue weighted by molar-refractivity contribution is 0.239. The van der Waals surface area contributed by atoms with E-state index in [9.17, 15) is 0 Å². The summed E-state index contributed by atoms with van der Waals surface area (Å²) in [5.41, 5.74) is 3.36. The molecule has 2 aliphatic rings. The van der Waals surface area contributed by atoms with Crippen LogP contribution in [0, 0.1) is 0 Å². The first-order chi connectivity index (χ1) is 13.8. The average Bonchev–Trinajstić information content (AvgIpc) is 3.48. The first-order valence-electron chi connectivity index (χ1n) is 9.90. The van der Waals surface area contributed by atoms with Gasteiger partial charge < -0.3 is 14.8 Å². The molecule has 5 rings (SSSR count). The maximum Gasteiger partial charge on any atom is 0.170 e. The molecule has 2 atom stereocenters. The number of nitrogens with zero attached hydrogens (tertiary/aromatic N) is 4. The minimum atomic E-state index is 0.0322. The van der Waals surface area contributed by atoms with Crippen LogP contribution in [-0.2, 0) is 0 Å². The number of hydrogen-bond acceptors (Lipinski definition) is 3. The third-order valence-electron chi connectivity index (χ3n) is 5.88. The molecule has 0 unspecified atom stereocenters. The Morgan fingerprint density at radius 1 is 0.964 bits per heavy atom. The molecule has 0 spiro atoms. The molecule has 142 valence electrons. The average molecular weight is 390 g/mol. The number of thiocarbonyl (C=S) groups is 1. The smallest absolute Gasteiger partial charge is 0.170 e. The van der Waals surface area contributed by atoms with Crippen molar-refractivity contribution < 1.29 is 0 Å². The van der Waals surface area contributed by atoms with Crippen molar-refractivity contribution >= 4 is 17.3 Å². The molecule has 1 N–H and O–H groups in total. The van der Waals surface area contributed by atoms with E-state index in [2.05, 4.69) is 49.1 Å². The van der Waals surface area contributed by atoms with Crippen LogP contribution < -0.4 is 5.32 Å². The Morgan fingerprint density at radius 2 is 1.79 bits per heavy atom. The molecule has 4 heterocycles. The van der Waals surface area contributed by atoms with E-state index in [0.717, 1.165) is 16.5 Å². The van der Waals surface area contributed by atoms with E-state index in [1.54, 1.807) is 0 Å². The normalized spacial score (nSPS) is 22.6. The molecular formula is C22H23N5S. The zero-order valence-corrected chi connectivity index (χ0v) is 16.4. The van der Waals surface area contributed by atoms with E-state index in [0.29, 0.717) is 6.04 Å². The van der Waals surface area contributed by atoms with Gasteiger partial charge in [-0.25, -0.2) is 0 Å². The van der Waals surface area contributed by atoms with Crippen molar-refractivity contribution in [3.8, 4) is 5.69 Å². The molecule has 1 aliphatic heterocycles. The van der Waals surface area contributed by atoms with Gasteiger partial charge in [0.2, 0.25) is 0 Å². The molecule has 3 aromatic heterocycles. The highest BCUT2D eigenvalue weighted by Gasteiger charge is 2.44. The molecule has 5 nitrogen and oxygen atoms in total. The van der Waals surface area contributed by atoms with Crippen LogP contribution in [0.1, 0.15) is 49.2 Å². The molecule has 2 fully saturated rings. The predicted octanol–water partition coefficient (Wildman–Crippen LogP) is 4.18. The monoisotopic (exact) mass is 389 g/mol. The van der Waals surface area contributed by atoms with Gasteiger partial charge >= 0.3 is 0 Å². The van der Waals surface area contributed by atoms with Gasteiger partial charge in [-0.1, -0.05) is 18.9 Å². The van der Waals surface area contributed by atoms with E-state index in [-0.39, 0.29) is 12.1 Å². The number of rotatable bonds is 4. The first kappa shape index (κ1) is 17.4. The zero-order valence-electron chi connectivity index (χ0n) is 15.6. The van der Waals surface area contributed by atoms with Gasteiger partial charge in [0.05, 0.1) is 17.8 Å². The van der Waals surface area contributed by atoms with E-state index < -0.39 is 0 Å². The molecule has 28 heavy (non-hydrogen) atoms. The summed E-state index contributed by atoms with van der Waals surface area (Å²) in [6.07, 6.45) is 12.6. The third kappa shape index (κ3) is 2.98. The van der Waals surface area contributed by atoms with E-state index in [1.165, 1.54) is 31.4 Å². The quantitative estimate of drug-likeness (QED) is 0.678. The molecule has 1 saturated carbocycles. The van der Waals surface area contributed by atoms with Crippen LogP contribution in [0.2, 0.25) is 0 Å². The summed E-state index contributed by atoms with van der Waals surface area (Å²) in [5, 5.41) is 4.43. The van der Waals surface area contributed by atoms with Crippen LogP contribution >= 0.6 is 12.2 Å². The fraction of sp³-hybridized carbons (Fsp3) is 0.318. The van der Waals surface area contributed by atoms with Crippen molar-refractivity contribution in [1.82, 2.24) is 24.8 Å². The van der Waals surface area contributed by atoms with E-state index in [1.807, 2.05) is 42.9 Å². The number of aromatic nitrogens is 3. The second kappa shape index (κ2) is 7.36. The summed E-state index contributed by atoms with van der Waals surface area (Å²) in [6, 6.07) is 15.1. The molecule has 1 aliphatic carbocycles. The summed E-state index contributed by atoms with van der Waals surface area (Å²) >= 11 is 5.83. The van der Waals surface area contributed by atoms with Gasteiger partial charge in [0, 0.05) is 42.2 Å². The van der Waals surface area contributed by atoms with Gasteiger partial charge in [-0.05, 0) is 61.5 Å². The topological polar surface area (TPSA) is 46.0 Å². The zero-order chi connectivity index (χ0) is 18.9. The largest absolute Gasteiger partial charge is 0.352 e. The second-order valence-corrected chi connectivity index (χ2v) is 7.87. The second-order valence-electron chi connectivity index (χ2n) is 7.48. The van der Waals surface area contributed by atoms with Crippen molar-refractivity contribution in [2.75, 3.05) is 0 Å². The lowest BCUT2D eigenvalue weighted by Crippen LogP contribution is -2.38. The predicted molar refractivity (Wildman–Crippen MR) is 113 cm³/mol. The van der Waals surface area contributed by atoms with Crippen LogP contribution in [0.5, 0.6) is 0 Å². The van der Waals surface area contributed by atoms with E-state index in [4.69, 9.17) is 12.2 Å². The molecule has 0 bridgehead atoms. The van der Waals surface area contributed by atoms with E-state index >= 15 is 0 Å². The van der Waals surface area contributed by atoms with Gasteiger partial charge in [0.1, 0.15) is 0 Å². The Labute approximate surface area is 170 Å². The van der Waals surface area contributed by atoms with Crippen molar-refractivity contribution in [2.45, 2.75) is 43.8 Å². The Hall–Kier alpha value is -2.73. The molecule has 6 heteroatoms. The SMILES string of the molecule is S=C1N[C@H](c2ccccn2)[C@@H](c2cccn2-c2ccncc2)N1C1CCCC1. The van der Waals surface area contributed by atoms with Crippen LogP contribution in [0.4, 0.5) is 0 Å². The molecular weight excluding hydrogens is 366 g/mol. The standard InChI is InChI=1S/C22H23N5S/c28-22-25-20(18-8-3-4-12-24-18)21(27(22)17-6-1-2-7-17)19-9-5-15-26(19)16-10-13-23-14-11-16/h3-5,8-15,17,20-21H,1-2,6-7H2,(H,25,28)/t20-,21-/m1/s1. The third-order valence-corrected chi connectivity index (χ3v) is 6.21. The lowest BCUT2D eigenvalue weighted by atomic mass is 9.99. The van der Waals surface area contributed by atoms with Crippen molar-refractivity contribution in [3.05, 3.63) is 78.6 Å². The maximum absolute atomic E-state index is 5.83. The van der Waals surface area contributed by atoms with Crippen LogP contribution in [0.15, 0.2) is 67.3 Å². The maximum atomic E-state index is 5.83. The fourth-order valence-corrected chi connectivity index (χ4v) is 5.02. The molecule has 0 radical (unpaired) electrons. The summed E-state index contributed by atoms with van der Waals surface area (Å²) in [5.74, 6) is 0. The highest BCUT2D eigenvalue weighted by Crippen LogP contribution is 2.43. The molecule has 0 amide bonds. The Bertz CT molecular complexity index is 949.